The van der Waals surface area contributed by atoms with Gasteiger partial charge in [0.2, 0.25) is 0 Å². The minimum absolute atomic E-state index is 0.258. The molecule has 9 heteroatoms. The Morgan fingerprint density at radius 1 is 1.00 bits per heavy atom. The Kier molecular flexibility index (Phi) is 6.05. The van der Waals surface area contributed by atoms with E-state index in [0.29, 0.717) is 5.52 Å². The molecule has 0 aliphatic carbocycles. The molecule has 6 rings (SSSR count). The first-order chi connectivity index (χ1) is 17.9. The Morgan fingerprint density at radius 3 is 2.59 bits per heavy atom. The molecule has 0 radical (unpaired) electrons. The van der Waals surface area contributed by atoms with Crippen molar-refractivity contribution in [2.75, 3.05) is 24.5 Å². The van der Waals surface area contributed by atoms with Crippen molar-refractivity contribution in [2.24, 2.45) is 7.05 Å². The van der Waals surface area contributed by atoms with E-state index in [1.807, 2.05) is 18.2 Å². The molecule has 1 fully saturated rings. The molecule has 0 saturated carbocycles. The third-order valence-electron chi connectivity index (χ3n) is 7.12. The summed E-state index contributed by atoms with van der Waals surface area (Å²) in [4.78, 5) is 39.9. The molecule has 0 spiro atoms. The topological polar surface area (TPSA) is 90.0 Å². The number of fused-ring (bicyclic) bond motifs is 2. The van der Waals surface area contributed by atoms with Crippen LogP contribution < -0.4 is 16.0 Å². The summed E-state index contributed by atoms with van der Waals surface area (Å²) < 4.78 is 1.68. The number of nitrogens with zero attached hydrogens (tertiary/aromatic N) is 4. The number of nitrogens with one attached hydrogen (secondary N) is 2. The molecule has 1 aliphatic heterocycles. The van der Waals surface area contributed by atoms with E-state index < -0.39 is 11.1 Å². The Labute approximate surface area is 223 Å². The number of imidazole rings is 1. The van der Waals surface area contributed by atoms with Crippen molar-refractivity contribution in [1.82, 2.24) is 24.4 Å². The van der Waals surface area contributed by atoms with Gasteiger partial charge in [-0.2, -0.15) is 0 Å². The Hall–Kier alpha value is -3.55. The zero-order valence-electron chi connectivity index (χ0n) is 20.6. The summed E-state index contributed by atoms with van der Waals surface area (Å²) in [5.74, 6) is 0.886. The van der Waals surface area contributed by atoms with Crippen molar-refractivity contribution in [1.29, 1.82) is 0 Å². The molecule has 1 saturated heterocycles. The summed E-state index contributed by atoms with van der Waals surface area (Å²) >= 11 is 2.87. The average Bonchev–Trinajstić information content (AvgIpc) is 3.34. The molecule has 189 valence electrons. The van der Waals surface area contributed by atoms with Crippen molar-refractivity contribution in [3.63, 3.8) is 0 Å². The van der Waals surface area contributed by atoms with Crippen LogP contribution >= 0.6 is 0 Å². The van der Waals surface area contributed by atoms with Crippen LogP contribution in [0.4, 0.5) is 5.69 Å². The fourth-order valence-electron chi connectivity index (χ4n) is 5.02. The van der Waals surface area contributed by atoms with E-state index in [1.54, 1.807) is 7.05 Å². The SMILES string of the molecule is Cc1ccc(-c2nc3c(N4CCN(Cc5ccc6[nH]c(=O)c(=O)n(C)c6c5)[CH]([Ru])C4)cccc3[nH]2)cc1. The van der Waals surface area contributed by atoms with Crippen molar-refractivity contribution < 1.29 is 18.3 Å². The van der Waals surface area contributed by atoms with Crippen molar-refractivity contribution in [2.45, 2.75) is 18.1 Å². The van der Waals surface area contributed by atoms with Crippen LogP contribution in [0.25, 0.3) is 33.5 Å². The first kappa shape index (κ1) is 23.8. The van der Waals surface area contributed by atoms with Crippen LogP contribution in [-0.4, -0.2) is 48.7 Å². The molecule has 3 aromatic carbocycles. The van der Waals surface area contributed by atoms with E-state index in [9.17, 15) is 9.59 Å². The first-order valence-corrected chi connectivity index (χ1v) is 13.3. The summed E-state index contributed by atoms with van der Waals surface area (Å²) in [7, 11) is 1.64. The first-order valence-electron chi connectivity index (χ1n) is 12.3. The predicted octanol–water partition coefficient (Wildman–Crippen LogP) is 3.27. The molecule has 3 heterocycles. The van der Waals surface area contributed by atoms with Crippen molar-refractivity contribution in [3.05, 3.63) is 92.5 Å². The fraction of sp³-hybridized carbons (Fsp3) is 0.250. The van der Waals surface area contributed by atoms with E-state index in [4.69, 9.17) is 4.98 Å². The standard InChI is InChI=1S/C28H27N6O2.Ru/c1-18-6-9-20(10-7-18)26-29-22-4-3-5-23(25(22)31-26)34-14-12-33(13-15-34)17-19-8-11-21-24(16-19)32(2)28(36)27(35)30-21;/h3-12,16H,13-15,17H2,1-2H3,(H,29,31)(H,30,35);. The summed E-state index contributed by atoms with van der Waals surface area (Å²) in [6.07, 6.45) is 0. The molecule has 1 aliphatic rings. The number of hydrogen-bond acceptors (Lipinski definition) is 5. The zero-order valence-corrected chi connectivity index (χ0v) is 22.4. The maximum atomic E-state index is 12.1. The van der Waals surface area contributed by atoms with Gasteiger partial charge in [-0.1, -0.05) is 0 Å². The van der Waals surface area contributed by atoms with Crippen molar-refractivity contribution in [3.8, 4) is 11.4 Å². The predicted molar refractivity (Wildman–Crippen MR) is 142 cm³/mol. The molecule has 2 aromatic heterocycles. The number of H-pyrrole nitrogens is 2. The number of aromatic nitrogens is 4. The van der Waals surface area contributed by atoms with E-state index >= 15 is 0 Å². The number of para-hydroxylation sites is 1. The molecule has 5 aromatic rings. The van der Waals surface area contributed by atoms with E-state index in [-0.39, 0.29) is 4.64 Å². The second-order valence-electron chi connectivity index (χ2n) is 9.63. The van der Waals surface area contributed by atoms with Crippen LogP contribution in [0.15, 0.2) is 70.3 Å². The van der Waals surface area contributed by atoms with Gasteiger partial charge in [-0.25, -0.2) is 0 Å². The average molecular weight is 581 g/mol. The molecule has 0 amide bonds. The third-order valence-corrected chi connectivity index (χ3v) is 8.08. The number of aryl methyl sites for hydroxylation is 2. The van der Waals surface area contributed by atoms with E-state index in [1.165, 1.54) is 10.1 Å². The summed E-state index contributed by atoms with van der Waals surface area (Å²) in [6, 6.07) is 20.6. The molecule has 1 atom stereocenters. The number of rotatable bonds is 4. The third kappa shape index (κ3) is 4.43. The monoisotopic (exact) mass is 581 g/mol. The summed E-state index contributed by atoms with van der Waals surface area (Å²) in [6.45, 7) is 5.49. The van der Waals surface area contributed by atoms with Gasteiger partial charge < -0.3 is 0 Å². The Balaban J connectivity index is 1.22. The van der Waals surface area contributed by atoms with Gasteiger partial charge in [0.1, 0.15) is 0 Å². The van der Waals surface area contributed by atoms with Gasteiger partial charge in [-0.15, -0.1) is 0 Å². The normalized spacial score (nSPS) is 16.6. The van der Waals surface area contributed by atoms with Gasteiger partial charge in [0, 0.05) is 0 Å². The van der Waals surface area contributed by atoms with Gasteiger partial charge in [-0.3, -0.25) is 0 Å². The minimum atomic E-state index is -0.595. The van der Waals surface area contributed by atoms with Crippen LogP contribution in [0.5, 0.6) is 0 Å². The van der Waals surface area contributed by atoms with E-state index in [2.05, 4.69) is 87.5 Å². The maximum absolute atomic E-state index is 12.1. The number of benzene rings is 3. The molecule has 2 N–H and O–H groups in total. The number of anilines is 1. The van der Waals surface area contributed by atoms with Crippen LogP contribution in [0, 0.1) is 6.92 Å². The molecule has 1 unspecified atom stereocenters. The summed E-state index contributed by atoms with van der Waals surface area (Å²) in [5, 5.41) is 0. The fourth-order valence-corrected chi connectivity index (χ4v) is 5.78. The van der Waals surface area contributed by atoms with Gasteiger partial charge in [-0.05, 0) is 0 Å². The molecule has 0 bridgehead atoms. The van der Waals surface area contributed by atoms with Gasteiger partial charge >= 0.3 is 224 Å². The number of hydrogen-bond donors (Lipinski definition) is 2. The Bertz CT molecular complexity index is 1740. The number of aromatic amines is 2. The summed E-state index contributed by atoms with van der Waals surface area (Å²) in [5.41, 5.74) is 6.86. The van der Waals surface area contributed by atoms with Crippen LogP contribution in [-0.2, 0) is 31.9 Å². The van der Waals surface area contributed by atoms with Crippen LogP contribution in [0.3, 0.4) is 0 Å². The van der Waals surface area contributed by atoms with Crippen LogP contribution in [0.1, 0.15) is 11.1 Å². The van der Waals surface area contributed by atoms with Crippen LogP contribution in [0.2, 0.25) is 0 Å². The molecular weight excluding hydrogens is 553 g/mol. The quantitative estimate of drug-likeness (QED) is 0.252. The van der Waals surface area contributed by atoms with Gasteiger partial charge in [0.15, 0.2) is 0 Å². The second-order valence-corrected chi connectivity index (χ2v) is 10.8. The number of piperazine rings is 1. The van der Waals surface area contributed by atoms with E-state index in [0.717, 1.165) is 65.4 Å². The zero-order chi connectivity index (χ0) is 25.7. The Morgan fingerprint density at radius 2 is 1.81 bits per heavy atom. The molecule has 8 nitrogen and oxygen atoms in total. The van der Waals surface area contributed by atoms with Crippen molar-refractivity contribution >= 4 is 27.8 Å². The molecular formula is C28H27N6O2Ru. The van der Waals surface area contributed by atoms with Gasteiger partial charge in [0.05, 0.1) is 0 Å². The molecule has 37 heavy (non-hydrogen) atoms. The second kappa shape index (κ2) is 9.40. The van der Waals surface area contributed by atoms with Gasteiger partial charge in [0.25, 0.3) is 0 Å².